The third kappa shape index (κ3) is 101. The van der Waals surface area contributed by atoms with Crippen molar-refractivity contribution in [1.29, 1.82) is 10.8 Å². The van der Waals surface area contributed by atoms with E-state index in [2.05, 4.69) is 25.8 Å². The van der Waals surface area contributed by atoms with Gasteiger partial charge in [0.1, 0.15) is 0 Å². The predicted octanol–water partition coefficient (Wildman–Crippen LogP) is -6.68. The Hall–Kier alpha value is -0.995. The summed E-state index contributed by atoms with van der Waals surface area (Å²) in [6.07, 6.45) is 0. The molecule has 0 aromatic heterocycles. The molecule has 12 N–H and O–H groups in total. The van der Waals surface area contributed by atoms with Crippen LogP contribution in [0.5, 0.6) is 0 Å². The summed E-state index contributed by atoms with van der Waals surface area (Å²) in [4.78, 5) is 0. The second-order valence-corrected chi connectivity index (χ2v) is 5.57. The maximum atomic E-state index is 9.38. The van der Waals surface area contributed by atoms with E-state index in [1.807, 2.05) is 0 Å². The number of hydrogen-bond donors (Lipinski definition) is 6. The molecule has 0 saturated carbocycles. The first-order valence-corrected chi connectivity index (χ1v) is 7.28. The van der Waals surface area contributed by atoms with Crippen molar-refractivity contribution in [3.63, 3.8) is 0 Å². The Bertz CT molecular complexity index is 387. The van der Waals surface area contributed by atoms with E-state index in [1.54, 1.807) is 0 Å². The molecule has 0 radical (unpaired) electrons. The zero-order chi connectivity index (χ0) is 14.9. The van der Waals surface area contributed by atoms with Crippen molar-refractivity contribution in [2.75, 3.05) is 0 Å². The molecule has 0 amide bonds. The van der Waals surface area contributed by atoms with Crippen LogP contribution in [0.25, 0.3) is 0 Å². The molecule has 0 bridgehead atoms. The number of nitrogens with two attached hydrogens (primary N) is 2. The normalized spacial score (nSPS) is 10.1. The Labute approximate surface area is 99.5 Å². The molecule has 0 fully saturated rings. The van der Waals surface area contributed by atoms with Gasteiger partial charge >= 0.3 is 53.6 Å². The molecule has 104 valence electrons. The molecule has 0 unspecified atom stereocenters. The Morgan fingerprint density at radius 2 is 1.06 bits per heavy atom. The quantitative estimate of drug-likeness (QED) is 0.206. The molecule has 0 rings (SSSR count). The summed E-state index contributed by atoms with van der Waals surface area (Å²) in [7, 11) is 0. The zero-order valence-electron chi connectivity index (χ0n) is 8.24. The molecule has 0 atom stereocenters. The topological polar surface area (TPSA) is 279 Å². The van der Waals surface area contributed by atoms with Crippen LogP contribution in [0.4, 0.5) is 0 Å². The van der Waals surface area contributed by atoms with E-state index in [0.717, 1.165) is 0 Å². The van der Waals surface area contributed by atoms with E-state index < -0.39 is 27.2 Å². The first-order chi connectivity index (χ1) is 7.17. The molecule has 0 heterocycles. The molecule has 17 heavy (non-hydrogen) atoms. The average Bonchev–Trinajstić information content (AvgIpc) is 1.70. The van der Waals surface area contributed by atoms with Crippen LogP contribution in [0.2, 0.25) is 0 Å². The minimum absolute atomic E-state index is 0.0833. The van der Waals surface area contributed by atoms with Crippen LogP contribution in [-0.2, 0) is 45.3 Å². The van der Waals surface area contributed by atoms with E-state index in [9.17, 15) is 23.5 Å². The van der Waals surface area contributed by atoms with Crippen LogP contribution in [0.1, 0.15) is 0 Å². The van der Waals surface area contributed by atoms with Gasteiger partial charge in [-0.05, 0) is 0 Å². The summed E-state index contributed by atoms with van der Waals surface area (Å²) in [6.45, 7) is 0. The Morgan fingerprint density at radius 3 is 1.06 bits per heavy atom. The monoisotopic (exact) mass is 336 g/mol. The average molecular weight is 336 g/mol. The fraction of sp³-hybridized carbons (Fsp3) is 0. The molecule has 0 aliphatic rings. The van der Waals surface area contributed by atoms with E-state index in [-0.39, 0.29) is 11.9 Å². The molecule has 0 aromatic rings. The number of nitrogens with one attached hydrogen (secondary N) is 2. The molecule has 15 heteroatoms. The van der Waals surface area contributed by atoms with Gasteiger partial charge in [0.2, 0.25) is 0 Å². The fourth-order valence-corrected chi connectivity index (χ4v) is 1.74. The molecule has 0 aliphatic carbocycles. The van der Waals surface area contributed by atoms with Gasteiger partial charge in [-0.25, -0.2) is 10.8 Å². The molecule has 0 saturated heterocycles. The minimum atomic E-state index is -6.07. The first kappa shape index (κ1) is 21.3. The molecular weight excluding hydrogens is 324 g/mol. The van der Waals surface area contributed by atoms with Gasteiger partial charge in [0.25, 0.3) is 11.9 Å². The van der Waals surface area contributed by atoms with Gasteiger partial charge in [0.05, 0.1) is 0 Å². The standard InChI is InChI=1S/2CH5N3.2Cr.7O/c2*2-1(3)4;;;;;;;;;/h2*(H5,2,3,4);;;;;;;;;/q;;;;;;;;;2*-1/p+2. The van der Waals surface area contributed by atoms with E-state index >= 15 is 0 Å². The van der Waals surface area contributed by atoms with Crippen molar-refractivity contribution in [2.45, 2.75) is 0 Å². The van der Waals surface area contributed by atoms with Gasteiger partial charge in [-0.2, -0.15) is 0 Å². The van der Waals surface area contributed by atoms with Crippen LogP contribution >= 0.6 is 0 Å². The second-order valence-electron chi connectivity index (χ2n) is 1.94. The molecule has 13 nitrogen and oxygen atoms in total. The van der Waals surface area contributed by atoms with Crippen LogP contribution in [0, 0.1) is 10.8 Å². The van der Waals surface area contributed by atoms with Crippen molar-refractivity contribution in [1.82, 2.24) is 0 Å². The van der Waals surface area contributed by atoms with Crippen molar-refractivity contribution >= 4 is 11.9 Å². The Balaban J connectivity index is -0.000000205. The summed E-state index contributed by atoms with van der Waals surface area (Å²) >= 11 is -12.1. The molecule has 0 spiro atoms. The number of rotatable bonds is 2. The van der Waals surface area contributed by atoms with Crippen molar-refractivity contribution in [3.8, 4) is 0 Å². The third-order valence-corrected chi connectivity index (χ3v) is 2.83. The predicted molar refractivity (Wildman–Crippen MR) is 33.4 cm³/mol. The van der Waals surface area contributed by atoms with Gasteiger partial charge in [0, 0.05) is 0 Å². The molecular formula is C2H12Cr2N6O7. The van der Waals surface area contributed by atoms with Crippen LogP contribution in [0.3, 0.4) is 0 Å². The first-order valence-electron chi connectivity index (χ1n) is 3.12. The van der Waals surface area contributed by atoms with Crippen LogP contribution < -0.4 is 31.3 Å². The van der Waals surface area contributed by atoms with Gasteiger partial charge in [-0.3, -0.25) is 11.5 Å². The number of guanidine groups is 2. The Kier molecular flexibility index (Phi) is 11.4. The zero-order valence-corrected chi connectivity index (χ0v) is 10.8. The van der Waals surface area contributed by atoms with Gasteiger partial charge in [-0.1, -0.05) is 0 Å². The summed E-state index contributed by atoms with van der Waals surface area (Å²) < 4.78 is 58.9. The molecule has 0 aliphatic heterocycles. The van der Waals surface area contributed by atoms with Crippen LogP contribution in [-0.4, -0.2) is 11.9 Å². The second kappa shape index (κ2) is 9.08. The summed E-state index contributed by atoms with van der Waals surface area (Å²) in [5.41, 5.74) is 15.2. The van der Waals surface area contributed by atoms with Crippen LogP contribution in [0.15, 0.2) is 0 Å². The number of hydrogen-bond acceptors (Lipinski definition) is 9. The van der Waals surface area contributed by atoms with E-state index in [0.29, 0.717) is 0 Å². The SMILES string of the molecule is N=C(N)[NH3+].N=C(N)[NH3+].[O]=[Cr](=[O])([O-])[O][Cr](=[O])(=[O])[O-]. The third-order valence-electron chi connectivity index (χ3n) is 0.167. The van der Waals surface area contributed by atoms with Gasteiger partial charge in [0.15, 0.2) is 0 Å². The van der Waals surface area contributed by atoms with Crippen molar-refractivity contribution < 1.29 is 65.1 Å². The van der Waals surface area contributed by atoms with E-state index in [4.69, 9.17) is 10.8 Å². The fourth-order valence-electron chi connectivity index (χ4n) is 0.102. The Morgan fingerprint density at radius 1 is 0.941 bits per heavy atom. The van der Waals surface area contributed by atoms with Gasteiger partial charge in [-0.15, -0.1) is 0 Å². The van der Waals surface area contributed by atoms with E-state index in [1.165, 1.54) is 0 Å². The summed E-state index contributed by atoms with van der Waals surface area (Å²) in [5.74, 6) is -0.167. The number of quaternary nitrogens is 2. The van der Waals surface area contributed by atoms with Crippen molar-refractivity contribution in [3.05, 3.63) is 0 Å². The summed E-state index contributed by atoms with van der Waals surface area (Å²) in [5, 5.41) is 12.3. The summed E-state index contributed by atoms with van der Waals surface area (Å²) in [6, 6.07) is 0. The van der Waals surface area contributed by atoms with Crippen molar-refractivity contribution in [2.24, 2.45) is 11.5 Å². The maximum absolute atomic E-state index is 9.38. The molecule has 0 aromatic carbocycles. The van der Waals surface area contributed by atoms with Gasteiger partial charge < -0.3 is 11.5 Å².